The summed E-state index contributed by atoms with van der Waals surface area (Å²) >= 11 is 0. The highest BCUT2D eigenvalue weighted by Gasteiger charge is 2.24. The van der Waals surface area contributed by atoms with Crippen molar-refractivity contribution in [3.63, 3.8) is 0 Å². The van der Waals surface area contributed by atoms with Gasteiger partial charge in [0.15, 0.2) is 0 Å². The Balaban J connectivity index is 1.99. The summed E-state index contributed by atoms with van der Waals surface area (Å²) in [4.78, 5) is 0. The molecule has 1 unspecified atom stereocenters. The molecule has 3 N–H and O–H groups in total. The number of anilines is 2. The second-order valence-corrected chi connectivity index (χ2v) is 4.66. The van der Waals surface area contributed by atoms with E-state index in [0.717, 1.165) is 18.0 Å². The number of halogens is 1. The zero-order chi connectivity index (χ0) is 11.5. The first kappa shape index (κ1) is 11.2. The highest BCUT2D eigenvalue weighted by molar-refractivity contribution is 5.66. The Morgan fingerprint density at radius 2 is 2.25 bits per heavy atom. The highest BCUT2D eigenvalue weighted by Crippen LogP contribution is 2.35. The molecular weight excluding hydrogens is 203 g/mol. The van der Waals surface area contributed by atoms with Crippen molar-refractivity contribution in [3.8, 4) is 0 Å². The van der Waals surface area contributed by atoms with E-state index in [-0.39, 0.29) is 5.82 Å². The topological polar surface area (TPSA) is 38.0 Å². The van der Waals surface area contributed by atoms with Crippen LogP contribution >= 0.6 is 0 Å². The van der Waals surface area contributed by atoms with Gasteiger partial charge in [0.2, 0.25) is 0 Å². The van der Waals surface area contributed by atoms with Crippen molar-refractivity contribution < 1.29 is 4.39 Å². The minimum absolute atomic E-state index is 0.279. The van der Waals surface area contributed by atoms with Crippen molar-refractivity contribution in [1.82, 2.24) is 0 Å². The molecular formula is C13H19FN2. The standard InChI is InChI=1S/C13H19FN2/c1-2-11(7-9-3-4-9)16-13-6-5-10(14)8-12(13)15/h5-6,8-9,11,16H,2-4,7,15H2,1H3. The lowest BCUT2D eigenvalue weighted by atomic mass is 10.1. The Hall–Kier alpha value is -1.25. The SMILES string of the molecule is CCC(CC1CC1)Nc1ccc(F)cc1N. The fraction of sp³-hybridized carbons (Fsp3) is 0.538. The van der Waals surface area contributed by atoms with Crippen molar-refractivity contribution >= 4 is 11.4 Å². The molecule has 0 spiro atoms. The van der Waals surface area contributed by atoms with E-state index in [1.165, 1.54) is 31.4 Å². The zero-order valence-electron chi connectivity index (χ0n) is 9.67. The van der Waals surface area contributed by atoms with Crippen LogP contribution in [0.4, 0.5) is 15.8 Å². The molecule has 1 fully saturated rings. The Morgan fingerprint density at radius 3 is 2.81 bits per heavy atom. The van der Waals surface area contributed by atoms with E-state index in [4.69, 9.17) is 5.73 Å². The molecule has 1 aliphatic carbocycles. The molecule has 1 aromatic carbocycles. The Labute approximate surface area is 96.0 Å². The molecule has 0 heterocycles. The number of nitrogen functional groups attached to an aromatic ring is 1. The molecule has 2 rings (SSSR count). The largest absolute Gasteiger partial charge is 0.397 e. The highest BCUT2D eigenvalue weighted by atomic mass is 19.1. The van der Waals surface area contributed by atoms with Crippen LogP contribution in [0.3, 0.4) is 0 Å². The first-order chi connectivity index (χ1) is 7.69. The lowest BCUT2D eigenvalue weighted by molar-refractivity contribution is 0.586. The van der Waals surface area contributed by atoms with Crippen molar-refractivity contribution in [1.29, 1.82) is 0 Å². The van der Waals surface area contributed by atoms with Crippen molar-refractivity contribution in [2.45, 2.75) is 38.6 Å². The lowest BCUT2D eigenvalue weighted by Crippen LogP contribution is -2.19. The fourth-order valence-electron chi connectivity index (χ4n) is 1.97. The second-order valence-electron chi connectivity index (χ2n) is 4.66. The summed E-state index contributed by atoms with van der Waals surface area (Å²) in [6, 6.07) is 5.00. The van der Waals surface area contributed by atoms with Gasteiger partial charge in [-0.3, -0.25) is 0 Å². The third kappa shape index (κ3) is 2.87. The summed E-state index contributed by atoms with van der Waals surface area (Å²) in [6.45, 7) is 2.17. The maximum Gasteiger partial charge on any atom is 0.125 e. The number of hydrogen-bond acceptors (Lipinski definition) is 2. The molecule has 0 bridgehead atoms. The van der Waals surface area contributed by atoms with Gasteiger partial charge in [0.25, 0.3) is 0 Å². The lowest BCUT2D eigenvalue weighted by Gasteiger charge is -2.19. The van der Waals surface area contributed by atoms with Gasteiger partial charge < -0.3 is 11.1 Å². The van der Waals surface area contributed by atoms with Gasteiger partial charge in [-0.15, -0.1) is 0 Å². The number of nitrogens with one attached hydrogen (secondary N) is 1. The summed E-state index contributed by atoms with van der Waals surface area (Å²) in [6.07, 6.45) is 4.99. The Bertz CT molecular complexity index is 361. The van der Waals surface area contributed by atoms with Crippen LogP contribution in [0.15, 0.2) is 18.2 Å². The van der Waals surface area contributed by atoms with Gasteiger partial charge in [-0.25, -0.2) is 4.39 Å². The number of nitrogens with two attached hydrogens (primary N) is 1. The maximum absolute atomic E-state index is 12.9. The average molecular weight is 222 g/mol. The first-order valence-electron chi connectivity index (χ1n) is 6.00. The average Bonchev–Trinajstić information content (AvgIpc) is 3.04. The smallest absolute Gasteiger partial charge is 0.125 e. The van der Waals surface area contributed by atoms with Gasteiger partial charge in [0.05, 0.1) is 11.4 Å². The molecule has 3 heteroatoms. The van der Waals surface area contributed by atoms with Crippen LogP contribution in [0.5, 0.6) is 0 Å². The van der Waals surface area contributed by atoms with E-state index in [2.05, 4.69) is 12.2 Å². The fourth-order valence-corrected chi connectivity index (χ4v) is 1.97. The molecule has 1 atom stereocenters. The molecule has 1 saturated carbocycles. The van der Waals surface area contributed by atoms with Crippen LogP contribution in [0.1, 0.15) is 32.6 Å². The third-order valence-electron chi connectivity index (χ3n) is 3.18. The monoisotopic (exact) mass is 222 g/mol. The molecule has 0 aromatic heterocycles. The van der Waals surface area contributed by atoms with E-state index in [1.54, 1.807) is 6.07 Å². The summed E-state index contributed by atoms with van der Waals surface area (Å²) in [5.74, 6) is 0.609. The molecule has 0 saturated heterocycles. The van der Waals surface area contributed by atoms with Crippen LogP contribution in [0, 0.1) is 11.7 Å². The van der Waals surface area contributed by atoms with Gasteiger partial charge in [-0.05, 0) is 37.0 Å². The second kappa shape index (κ2) is 4.73. The minimum Gasteiger partial charge on any atom is -0.397 e. The molecule has 88 valence electrons. The van der Waals surface area contributed by atoms with Gasteiger partial charge in [0.1, 0.15) is 5.82 Å². The number of benzene rings is 1. The third-order valence-corrected chi connectivity index (χ3v) is 3.18. The minimum atomic E-state index is -0.279. The predicted octanol–water partition coefficient (Wildman–Crippen LogP) is 3.40. The van der Waals surface area contributed by atoms with E-state index < -0.39 is 0 Å². The predicted molar refractivity (Wildman–Crippen MR) is 65.9 cm³/mol. The zero-order valence-corrected chi connectivity index (χ0v) is 9.67. The summed E-state index contributed by atoms with van der Waals surface area (Å²) < 4.78 is 12.9. The number of hydrogen-bond donors (Lipinski definition) is 2. The quantitative estimate of drug-likeness (QED) is 0.749. The maximum atomic E-state index is 12.9. The summed E-state index contributed by atoms with van der Waals surface area (Å²) in [7, 11) is 0. The van der Waals surface area contributed by atoms with E-state index in [0.29, 0.717) is 11.7 Å². The van der Waals surface area contributed by atoms with Crippen LogP contribution in [-0.2, 0) is 0 Å². The normalized spacial score (nSPS) is 17.1. The van der Waals surface area contributed by atoms with E-state index >= 15 is 0 Å². The van der Waals surface area contributed by atoms with Crippen molar-refractivity contribution in [2.75, 3.05) is 11.1 Å². The molecule has 0 radical (unpaired) electrons. The molecule has 0 aliphatic heterocycles. The van der Waals surface area contributed by atoms with Gasteiger partial charge in [0, 0.05) is 6.04 Å². The van der Waals surface area contributed by atoms with Crippen molar-refractivity contribution in [3.05, 3.63) is 24.0 Å². The van der Waals surface area contributed by atoms with Crippen LogP contribution in [0.25, 0.3) is 0 Å². The van der Waals surface area contributed by atoms with Crippen LogP contribution < -0.4 is 11.1 Å². The first-order valence-corrected chi connectivity index (χ1v) is 6.00. The van der Waals surface area contributed by atoms with Gasteiger partial charge >= 0.3 is 0 Å². The van der Waals surface area contributed by atoms with Crippen molar-refractivity contribution in [2.24, 2.45) is 5.92 Å². The van der Waals surface area contributed by atoms with E-state index in [9.17, 15) is 4.39 Å². The Kier molecular flexibility index (Phi) is 3.32. The molecule has 1 aromatic rings. The van der Waals surface area contributed by atoms with Crippen LogP contribution in [-0.4, -0.2) is 6.04 Å². The molecule has 16 heavy (non-hydrogen) atoms. The van der Waals surface area contributed by atoms with E-state index in [1.807, 2.05) is 0 Å². The van der Waals surface area contributed by atoms with Crippen LogP contribution in [0.2, 0.25) is 0 Å². The summed E-state index contributed by atoms with van der Waals surface area (Å²) in [5.41, 5.74) is 7.12. The van der Waals surface area contributed by atoms with Gasteiger partial charge in [-0.1, -0.05) is 19.8 Å². The summed E-state index contributed by atoms with van der Waals surface area (Å²) in [5, 5.41) is 3.40. The number of rotatable bonds is 5. The molecule has 2 nitrogen and oxygen atoms in total. The molecule has 0 amide bonds. The Morgan fingerprint density at radius 1 is 1.50 bits per heavy atom. The molecule has 1 aliphatic rings. The van der Waals surface area contributed by atoms with Gasteiger partial charge in [-0.2, -0.15) is 0 Å².